The van der Waals surface area contributed by atoms with Crippen molar-refractivity contribution >= 4 is 22.5 Å². The number of aromatic nitrogens is 2. The fourth-order valence-corrected chi connectivity index (χ4v) is 7.88. The summed E-state index contributed by atoms with van der Waals surface area (Å²) in [5.74, 6) is 2.55. The van der Waals surface area contributed by atoms with Gasteiger partial charge in [0.05, 0.1) is 22.3 Å². The lowest BCUT2D eigenvalue weighted by Gasteiger charge is -2.39. The van der Waals surface area contributed by atoms with Crippen molar-refractivity contribution in [2.45, 2.75) is 81.5 Å². The van der Waals surface area contributed by atoms with Gasteiger partial charge in [-0.05, 0) is 87.2 Å². The van der Waals surface area contributed by atoms with Gasteiger partial charge in [0.2, 0.25) is 5.91 Å². The lowest BCUT2D eigenvalue weighted by atomic mass is 9.79. The van der Waals surface area contributed by atoms with Crippen LogP contribution in [0.3, 0.4) is 0 Å². The minimum Gasteiger partial charge on any atom is -0.508 e. The maximum atomic E-state index is 14.9. The molecule has 8 nitrogen and oxygen atoms in total. The summed E-state index contributed by atoms with van der Waals surface area (Å²) in [5, 5.41) is 15.5. The van der Waals surface area contributed by atoms with Gasteiger partial charge in [-0.3, -0.25) is 9.69 Å². The number of amides is 1. The number of phenols is 1. The number of alkyl halides is 1. The monoisotopic (exact) mass is 643 g/mol. The number of halogens is 2. The number of terminal acetylenes is 1. The van der Waals surface area contributed by atoms with Crippen LogP contribution in [0.5, 0.6) is 11.8 Å². The summed E-state index contributed by atoms with van der Waals surface area (Å²) in [5.41, 5.74) is 1.81. The first-order valence-corrected chi connectivity index (χ1v) is 16.4. The molecule has 47 heavy (non-hydrogen) atoms. The average Bonchev–Trinajstić information content (AvgIpc) is 3.64. The number of nitrogens with zero attached hydrogens (tertiary/aromatic N) is 4. The van der Waals surface area contributed by atoms with E-state index in [9.17, 15) is 18.7 Å². The first kappa shape index (κ1) is 32.7. The minimum absolute atomic E-state index is 0.0853. The fourth-order valence-electron chi connectivity index (χ4n) is 7.88. The molecule has 0 unspecified atom stereocenters. The molecule has 0 radical (unpaired) electrons. The molecule has 0 spiro atoms. The Kier molecular flexibility index (Phi) is 8.88. The Morgan fingerprint density at radius 3 is 2.77 bits per heavy atom. The molecule has 3 atom stereocenters. The third kappa shape index (κ3) is 6.14. The average molecular weight is 644 g/mol. The second-order valence-corrected chi connectivity index (χ2v) is 13.8. The number of likely N-dealkylation sites (tertiary alicyclic amines) is 1. The zero-order valence-electron chi connectivity index (χ0n) is 27.4. The van der Waals surface area contributed by atoms with Crippen LogP contribution < -0.4 is 10.1 Å². The van der Waals surface area contributed by atoms with Crippen molar-refractivity contribution in [1.29, 1.82) is 0 Å². The molecule has 1 aromatic heterocycles. The van der Waals surface area contributed by atoms with Crippen molar-refractivity contribution in [3.63, 3.8) is 0 Å². The van der Waals surface area contributed by atoms with Crippen molar-refractivity contribution in [2.24, 2.45) is 0 Å². The molecule has 1 saturated carbocycles. The first-order valence-electron chi connectivity index (χ1n) is 16.4. The van der Waals surface area contributed by atoms with Crippen LogP contribution in [0.15, 0.2) is 36.9 Å². The van der Waals surface area contributed by atoms with E-state index in [2.05, 4.69) is 17.8 Å². The summed E-state index contributed by atoms with van der Waals surface area (Å²) in [6.07, 6.45) is 12.1. The van der Waals surface area contributed by atoms with Gasteiger partial charge in [-0.25, -0.2) is 8.78 Å². The molecule has 2 heterocycles. The quantitative estimate of drug-likeness (QED) is 0.221. The van der Waals surface area contributed by atoms with Crippen molar-refractivity contribution in [3.8, 4) is 24.1 Å². The van der Waals surface area contributed by atoms with Gasteiger partial charge in [0.25, 0.3) is 0 Å². The Morgan fingerprint density at radius 2 is 2.09 bits per heavy atom. The largest absolute Gasteiger partial charge is 0.508 e. The van der Waals surface area contributed by atoms with Gasteiger partial charge in [0.1, 0.15) is 30.2 Å². The normalized spacial score (nSPS) is 23.7. The maximum Gasteiger partial charge on any atom is 0.318 e. The van der Waals surface area contributed by atoms with Crippen LogP contribution in [0.4, 0.5) is 14.6 Å². The Labute approximate surface area is 275 Å². The van der Waals surface area contributed by atoms with Crippen LogP contribution in [0.2, 0.25) is 0 Å². The number of aromatic hydroxyl groups is 1. The second kappa shape index (κ2) is 12.8. The SMILES string of the molecule is C#Cc1c(F)ccc2cc(O)cc([C@@H]3CCc4c(nc(OC[C@]5(C)C[C@@H](F)CN5C)nc4NCC4(N(C)C(=O)C=C)CCCC4)C3)c12. The van der Waals surface area contributed by atoms with Gasteiger partial charge in [-0.1, -0.05) is 31.4 Å². The number of phenolic OH excluding ortho intramolecular Hbond substituents is 1. The number of anilines is 1. The van der Waals surface area contributed by atoms with Gasteiger partial charge >= 0.3 is 6.01 Å². The van der Waals surface area contributed by atoms with Crippen molar-refractivity contribution in [1.82, 2.24) is 19.8 Å². The van der Waals surface area contributed by atoms with Crippen molar-refractivity contribution < 1.29 is 23.4 Å². The first-order chi connectivity index (χ1) is 22.5. The Balaban J connectivity index is 1.36. The van der Waals surface area contributed by atoms with Crippen LogP contribution in [-0.4, -0.2) is 81.8 Å². The lowest BCUT2D eigenvalue weighted by Crippen LogP contribution is -2.51. The van der Waals surface area contributed by atoms with E-state index < -0.39 is 17.5 Å². The van der Waals surface area contributed by atoms with Crippen LogP contribution in [0.25, 0.3) is 10.8 Å². The topological polar surface area (TPSA) is 90.8 Å². The summed E-state index contributed by atoms with van der Waals surface area (Å²) in [6, 6.07) is 6.43. The molecule has 3 aliphatic rings. The van der Waals surface area contributed by atoms with E-state index in [1.54, 1.807) is 23.1 Å². The van der Waals surface area contributed by atoms with Crippen LogP contribution in [0.1, 0.15) is 73.8 Å². The molecule has 0 bridgehead atoms. The molecule has 1 saturated heterocycles. The van der Waals surface area contributed by atoms with Crippen LogP contribution in [0, 0.1) is 18.2 Å². The number of likely N-dealkylation sites (N-methyl/N-ethyl adjacent to an activating group) is 2. The van der Waals surface area contributed by atoms with Gasteiger partial charge in [-0.15, -0.1) is 6.42 Å². The zero-order valence-corrected chi connectivity index (χ0v) is 27.4. The number of hydrogen-bond acceptors (Lipinski definition) is 7. The molecule has 1 amide bonds. The standard InChI is InChI=1S/C37H43F2N5O3/c1-6-27-30(39)13-11-24-16-26(45)18-29(33(24)27)23-10-12-28-31(17-23)41-35(47-22-36(3)19-25(38)20-43(36)4)42-34(28)40-21-37(14-8-9-15-37)44(5)32(46)7-2/h1,7,11,13,16,18,23,25,45H,2,8-10,12,14-15,17,19-22H2,3-5H3,(H,40,41,42)/t23-,25-,36+/m1/s1. The molecule has 1 aliphatic heterocycles. The Hall–Kier alpha value is -4.23. The molecule has 2 fully saturated rings. The molecular weight excluding hydrogens is 600 g/mol. The highest BCUT2D eigenvalue weighted by molar-refractivity contribution is 5.93. The van der Waals surface area contributed by atoms with E-state index in [0.29, 0.717) is 55.4 Å². The molecule has 2 aromatic carbocycles. The molecule has 10 heteroatoms. The van der Waals surface area contributed by atoms with Gasteiger partial charge in [0.15, 0.2) is 0 Å². The minimum atomic E-state index is -0.927. The van der Waals surface area contributed by atoms with E-state index in [0.717, 1.165) is 42.5 Å². The molecule has 2 aliphatic carbocycles. The molecule has 2 N–H and O–H groups in total. The number of fused-ring (bicyclic) bond motifs is 2. The van der Waals surface area contributed by atoms with E-state index in [1.165, 1.54) is 12.1 Å². The van der Waals surface area contributed by atoms with E-state index in [4.69, 9.17) is 21.1 Å². The number of nitrogens with one attached hydrogen (secondary N) is 1. The number of carbonyl (C=O) groups is 1. The predicted octanol–water partition coefficient (Wildman–Crippen LogP) is 5.91. The number of ether oxygens (including phenoxy) is 1. The Bertz CT molecular complexity index is 1750. The van der Waals surface area contributed by atoms with Gasteiger partial charge in [-0.2, -0.15) is 9.97 Å². The molecule has 248 valence electrons. The second-order valence-electron chi connectivity index (χ2n) is 13.8. The van der Waals surface area contributed by atoms with Crippen molar-refractivity contribution in [2.75, 3.05) is 39.1 Å². The summed E-state index contributed by atoms with van der Waals surface area (Å²) in [7, 11) is 3.72. The van der Waals surface area contributed by atoms with E-state index >= 15 is 0 Å². The van der Waals surface area contributed by atoms with Crippen molar-refractivity contribution in [3.05, 3.63) is 65.1 Å². The summed E-state index contributed by atoms with van der Waals surface area (Å²) in [4.78, 5) is 26.2. The number of rotatable bonds is 9. The van der Waals surface area contributed by atoms with Crippen LogP contribution in [-0.2, 0) is 17.6 Å². The lowest BCUT2D eigenvalue weighted by molar-refractivity contribution is -0.129. The molecule has 6 rings (SSSR count). The van der Waals surface area contributed by atoms with E-state index in [-0.39, 0.29) is 41.3 Å². The molecular formula is C37H43F2N5O3. The van der Waals surface area contributed by atoms with Gasteiger partial charge < -0.3 is 20.1 Å². The third-order valence-electron chi connectivity index (χ3n) is 10.8. The predicted molar refractivity (Wildman–Crippen MR) is 179 cm³/mol. The van der Waals surface area contributed by atoms with Gasteiger partial charge in [0, 0.05) is 37.5 Å². The highest BCUT2D eigenvalue weighted by Crippen LogP contribution is 2.42. The Morgan fingerprint density at radius 1 is 1.32 bits per heavy atom. The highest BCUT2D eigenvalue weighted by Gasteiger charge is 2.42. The number of hydrogen-bond donors (Lipinski definition) is 2. The van der Waals surface area contributed by atoms with E-state index in [1.807, 2.05) is 25.9 Å². The smallest absolute Gasteiger partial charge is 0.318 e. The van der Waals surface area contributed by atoms with Crippen LogP contribution >= 0.6 is 0 Å². The number of carbonyl (C=O) groups excluding carboxylic acids is 1. The summed E-state index contributed by atoms with van der Waals surface area (Å²) < 4.78 is 35.4. The summed E-state index contributed by atoms with van der Waals surface area (Å²) in [6.45, 7) is 6.73. The maximum absolute atomic E-state index is 14.9. The zero-order chi connectivity index (χ0) is 33.5. The third-order valence-corrected chi connectivity index (χ3v) is 10.8. The number of benzene rings is 2. The summed E-state index contributed by atoms with van der Waals surface area (Å²) >= 11 is 0. The highest BCUT2D eigenvalue weighted by atomic mass is 19.1. The fraction of sp³-hybridized carbons (Fsp3) is 0.486. The molecule has 3 aromatic rings.